The minimum absolute atomic E-state index is 0.141. The molecule has 1 aliphatic rings. The fraction of sp³-hybridized carbons (Fsp3) is 0.273. The van der Waals surface area contributed by atoms with Crippen molar-refractivity contribution in [3.63, 3.8) is 0 Å². The molecular weight excluding hydrogens is 405 g/mol. The molecule has 162 valence electrons. The van der Waals surface area contributed by atoms with Gasteiger partial charge in [0, 0.05) is 12.8 Å². The van der Waals surface area contributed by atoms with Gasteiger partial charge in [-0.25, -0.2) is 9.18 Å². The average Bonchev–Trinajstić information content (AvgIpc) is 2.73. The van der Waals surface area contributed by atoms with Gasteiger partial charge in [-0.3, -0.25) is 14.4 Å². The summed E-state index contributed by atoms with van der Waals surface area (Å²) in [4.78, 5) is 48.5. The topological polar surface area (TPSA) is 125 Å². The Morgan fingerprint density at radius 2 is 1.58 bits per heavy atom. The lowest BCUT2D eigenvalue weighted by molar-refractivity contribution is -0.142. The first-order valence-corrected chi connectivity index (χ1v) is 9.73. The number of carbonyl (C=O) groups is 4. The highest BCUT2D eigenvalue weighted by molar-refractivity contribution is 5.99. The van der Waals surface area contributed by atoms with E-state index in [-0.39, 0.29) is 12.0 Å². The number of carboxylic acid groups (broad SMARTS) is 1. The predicted molar refractivity (Wildman–Crippen MR) is 108 cm³/mol. The van der Waals surface area contributed by atoms with E-state index in [2.05, 4.69) is 16.0 Å². The Kier molecular flexibility index (Phi) is 6.96. The first-order valence-electron chi connectivity index (χ1n) is 9.73. The maximum Gasteiger partial charge on any atom is 0.326 e. The SMILES string of the molecule is O=C(C[C@@H]1NC(=O)[C@H](Cc2ccccc2)NC1=O)N[C@H](Cc1ccccc1F)C(=O)O. The normalized spacial score (nSPS) is 19.1. The largest absolute Gasteiger partial charge is 0.480 e. The molecule has 3 rings (SSSR count). The molecule has 8 nitrogen and oxygen atoms in total. The molecule has 1 heterocycles. The Balaban J connectivity index is 1.57. The summed E-state index contributed by atoms with van der Waals surface area (Å²) in [6.45, 7) is 0. The van der Waals surface area contributed by atoms with Gasteiger partial charge in [-0.05, 0) is 17.2 Å². The van der Waals surface area contributed by atoms with Gasteiger partial charge in [-0.2, -0.15) is 0 Å². The lowest BCUT2D eigenvalue weighted by Crippen LogP contribution is -2.63. The van der Waals surface area contributed by atoms with Crippen LogP contribution in [0, 0.1) is 5.82 Å². The van der Waals surface area contributed by atoms with Crippen LogP contribution in [0.5, 0.6) is 0 Å². The lowest BCUT2D eigenvalue weighted by Gasteiger charge is -2.29. The molecule has 31 heavy (non-hydrogen) atoms. The van der Waals surface area contributed by atoms with Gasteiger partial charge in [0.2, 0.25) is 17.7 Å². The third-order valence-corrected chi connectivity index (χ3v) is 4.95. The van der Waals surface area contributed by atoms with E-state index in [1.165, 1.54) is 18.2 Å². The van der Waals surface area contributed by atoms with Gasteiger partial charge in [0.1, 0.15) is 23.9 Å². The molecule has 0 bridgehead atoms. The summed E-state index contributed by atoms with van der Waals surface area (Å²) >= 11 is 0. The van der Waals surface area contributed by atoms with E-state index >= 15 is 0 Å². The Hall–Kier alpha value is -3.75. The molecule has 0 spiro atoms. The molecule has 1 saturated heterocycles. The van der Waals surface area contributed by atoms with E-state index in [4.69, 9.17) is 0 Å². The smallest absolute Gasteiger partial charge is 0.326 e. The number of halogens is 1. The number of carbonyl (C=O) groups excluding carboxylic acids is 3. The van der Waals surface area contributed by atoms with Gasteiger partial charge in [-0.1, -0.05) is 48.5 Å². The molecule has 0 aliphatic carbocycles. The van der Waals surface area contributed by atoms with Crippen LogP contribution in [0.4, 0.5) is 4.39 Å². The molecular formula is C22H22FN3O5. The summed E-state index contributed by atoms with van der Waals surface area (Å²) in [5.41, 5.74) is 1.01. The van der Waals surface area contributed by atoms with Crippen LogP contribution in [-0.4, -0.2) is 46.9 Å². The molecule has 1 aliphatic heterocycles. The number of aliphatic carboxylic acids is 1. The van der Waals surface area contributed by atoms with Crippen molar-refractivity contribution >= 4 is 23.7 Å². The molecule has 4 N–H and O–H groups in total. The van der Waals surface area contributed by atoms with Gasteiger partial charge < -0.3 is 21.1 Å². The summed E-state index contributed by atoms with van der Waals surface area (Å²) in [6, 6.07) is 11.6. The zero-order chi connectivity index (χ0) is 22.4. The molecule has 1 fully saturated rings. The fourth-order valence-corrected chi connectivity index (χ4v) is 3.34. The summed E-state index contributed by atoms with van der Waals surface area (Å²) in [7, 11) is 0. The lowest BCUT2D eigenvalue weighted by atomic mass is 10.0. The van der Waals surface area contributed by atoms with Gasteiger partial charge in [0.15, 0.2) is 0 Å². The first-order chi connectivity index (χ1) is 14.8. The highest BCUT2D eigenvalue weighted by Gasteiger charge is 2.35. The van der Waals surface area contributed by atoms with Crippen LogP contribution in [-0.2, 0) is 32.0 Å². The average molecular weight is 427 g/mol. The molecule has 2 aromatic carbocycles. The summed E-state index contributed by atoms with van der Waals surface area (Å²) in [5.74, 6) is -3.62. The zero-order valence-corrected chi connectivity index (χ0v) is 16.5. The highest BCUT2D eigenvalue weighted by atomic mass is 19.1. The molecule has 2 aromatic rings. The zero-order valence-electron chi connectivity index (χ0n) is 16.5. The van der Waals surface area contributed by atoms with Crippen molar-refractivity contribution in [2.24, 2.45) is 0 Å². The van der Waals surface area contributed by atoms with Crippen molar-refractivity contribution in [2.75, 3.05) is 0 Å². The van der Waals surface area contributed by atoms with Gasteiger partial charge in [0.25, 0.3) is 0 Å². The number of benzene rings is 2. The van der Waals surface area contributed by atoms with E-state index in [9.17, 15) is 28.7 Å². The molecule has 0 saturated carbocycles. The van der Waals surface area contributed by atoms with Gasteiger partial charge >= 0.3 is 5.97 Å². The van der Waals surface area contributed by atoms with E-state index < -0.39 is 54.1 Å². The molecule has 3 atom stereocenters. The predicted octanol–water partition coefficient (Wildman–Crippen LogP) is 0.554. The molecule has 0 unspecified atom stereocenters. The van der Waals surface area contributed by atoms with Crippen LogP contribution >= 0.6 is 0 Å². The van der Waals surface area contributed by atoms with Crippen LogP contribution < -0.4 is 16.0 Å². The fourth-order valence-electron chi connectivity index (χ4n) is 3.34. The minimum Gasteiger partial charge on any atom is -0.480 e. The number of rotatable bonds is 8. The summed E-state index contributed by atoms with van der Waals surface area (Å²) in [5, 5.41) is 16.8. The van der Waals surface area contributed by atoms with Crippen molar-refractivity contribution < 1.29 is 28.7 Å². The van der Waals surface area contributed by atoms with E-state index in [1.807, 2.05) is 30.3 Å². The highest BCUT2D eigenvalue weighted by Crippen LogP contribution is 2.11. The third kappa shape index (κ3) is 5.88. The summed E-state index contributed by atoms with van der Waals surface area (Å²) in [6.07, 6.45) is -0.381. The van der Waals surface area contributed by atoms with E-state index in [0.29, 0.717) is 6.42 Å². The van der Waals surface area contributed by atoms with Crippen LogP contribution in [0.2, 0.25) is 0 Å². The van der Waals surface area contributed by atoms with Gasteiger partial charge in [0.05, 0.1) is 6.42 Å². The van der Waals surface area contributed by atoms with Crippen molar-refractivity contribution in [2.45, 2.75) is 37.4 Å². The number of carboxylic acids is 1. The minimum atomic E-state index is -1.38. The van der Waals surface area contributed by atoms with Crippen molar-refractivity contribution in [3.05, 3.63) is 71.5 Å². The number of piperazine rings is 1. The number of amides is 3. The number of hydrogen-bond acceptors (Lipinski definition) is 4. The van der Waals surface area contributed by atoms with Crippen molar-refractivity contribution in [1.82, 2.24) is 16.0 Å². The Labute approximate surface area is 177 Å². The quantitative estimate of drug-likeness (QED) is 0.490. The van der Waals surface area contributed by atoms with Crippen LogP contribution in [0.3, 0.4) is 0 Å². The van der Waals surface area contributed by atoms with Gasteiger partial charge in [-0.15, -0.1) is 0 Å². The molecule has 9 heteroatoms. The standard InChI is InChI=1S/C22H22FN3O5/c23-15-9-5-4-8-14(15)11-18(22(30)31)24-19(27)12-17-21(29)25-16(20(28)26-17)10-13-6-2-1-3-7-13/h1-9,16-18H,10-12H2,(H,24,27)(H,25,29)(H,26,28)(H,30,31)/t16-,17-,18+/m0/s1. The molecule has 0 aromatic heterocycles. The molecule has 0 radical (unpaired) electrons. The van der Waals surface area contributed by atoms with E-state index in [0.717, 1.165) is 5.56 Å². The Morgan fingerprint density at radius 3 is 2.26 bits per heavy atom. The Morgan fingerprint density at radius 1 is 0.968 bits per heavy atom. The van der Waals surface area contributed by atoms with E-state index in [1.54, 1.807) is 6.07 Å². The molecule has 3 amide bonds. The Bertz CT molecular complexity index is 982. The van der Waals surface area contributed by atoms with Crippen LogP contribution in [0.1, 0.15) is 17.5 Å². The van der Waals surface area contributed by atoms with Crippen LogP contribution in [0.25, 0.3) is 0 Å². The van der Waals surface area contributed by atoms with Crippen molar-refractivity contribution in [1.29, 1.82) is 0 Å². The first kappa shape index (κ1) is 21.9. The number of nitrogens with one attached hydrogen (secondary N) is 3. The maximum atomic E-state index is 13.8. The second-order valence-corrected chi connectivity index (χ2v) is 7.27. The van der Waals surface area contributed by atoms with Crippen LogP contribution in [0.15, 0.2) is 54.6 Å². The number of hydrogen-bond donors (Lipinski definition) is 4. The summed E-state index contributed by atoms with van der Waals surface area (Å²) < 4.78 is 13.8. The second-order valence-electron chi connectivity index (χ2n) is 7.27. The monoisotopic (exact) mass is 427 g/mol. The third-order valence-electron chi connectivity index (χ3n) is 4.95. The van der Waals surface area contributed by atoms with Crippen molar-refractivity contribution in [3.8, 4) is 0 Å². The second kappa shape index (κ2) is 9.84. The maximum absolute atomic E-state index is 13.8.